The van der Waals surface area contributed by atoms with Crippen molar-refractivity contribution in [2.75, 3.05) is 26.2 Å². The number of halogens is 2. The highest BCUT2D eigenvalue weighted by atomic mass is 35.5. The molecule has 1 saturated carbocycles. The van der Waals surface area contributed by atoms with Gasteiger partial charge in [0.2, 0.25) is 5.78 Å². The second-order valence-corrected chi connectivity index (χ2v) is 10.8. The van der Waals surface area contributed by atoms with Crippen molar-refractivity contribution in [2.24, 2.45) is 0 Å². The van der Waals surface area contributed by atoms with Gasteiger partial charge in [-0.25, -0.2) is 0 Å². The summed E-state index contributed by atoms with van der Waals surface area (Å²) in [7, 11) is 0. The zero-order chi connectivity index (χ0) is 25.8. The van der Waals surface area contributed by atoms with Gasteiger partial charge in [0.1, 0.15) is 17.1 Å². The summed E-state index contributed by atoms with van der Waals surface area (Å²) in [5.41, 5.74) is 2.24. The number of benzene rings is 2. The van der Waals surface area contributed by atoms with Crippen molar-refractivity contribution < 1.29 is 19.1 Å². The summed E-state index contributed by atoms with van der Waals surface area (Å²) in [4.78, 5) is 27.9. The topological polar surface area (TPSA) is 67.9 Å². The zero-order valence-corrected chi connectivity index (χ0v) is 22.4. The van der Waals surface area contributed by atoms with Crippen molar-refractivity contribution in [2.45, 2.75) is 57.4 Å². The number of hydrogen-bond donors (Lipinski definition) is 1. The monoisotopic (exact) mass is 542 g/mol. The molecule has 1 saturated heterocycles. The van der Waals surface area contributed by atoms with E-state index in [4.69, 9.17) is 32.7 Å². The van der Waals surface area contributed by atoms with Crippen LogP contribution >= 0.6 is 23.2 Å². The first-order valence-corrected chi connectivity index (χ1v) is 13.9. The second-order valence-electron chi connectivity index (χ2n) is 9.97. The Morgan fingerprint density at radius 3 is 2.59 bits per heavy atom. The molecule has 0 radical (unpaired) electrons. The highest BCUT2D eigenvalue weighted by molar-refractivity contribution is 6.42. The number of amides is 1. The Bertz CT molecular complexity index is 1200. The quantitative estimate of drug-likeness (QED) is 0.306. The van der Waals surface area contributed by atoms with Crippen LogP contribution in [0.4, 0.5) is 0 Å². The van der Waals surface area contributed by atoms with Crippen LogP contribution in [-0.4, -0.2) is 48.9 Å². The van der Waals surface area contributed by atoms with Crippen LogP contribution in [-0.2, 0) is 0 Å². The summed E-state index contributed by atoms with van der Waals surface area (Å²) >= 11 is 12.0. The number of fused-ring (bicyclic) bond motifs is 1. The Morgan fingerprint density at radius 2 is 1.84 bits per heavy atom. The largest absolute Gasteiger partial charge is 0.493 e. The molecule has 2 aliphatic heterocycles. The summed E-state index contributed by atoms with van der Waals surface area (Å²) in [6, 6.07) is 10.7. The van der Waals surface area contributed by atoms with Crippen LogP contribution < -0.4 is 14.8 Å². The number of Topliss-reactive ketones (excluding diaryl/α,β-unsaturated/α-hetero) is 1. The molecule has 3 aliphatic rings. The second kappa shape index (κ2) is 11.9. The predicted octanol–water partition coefficient (Wildman–Crippen LogP) is 6.45. The molecule has 1 aliphatic carbocycles. The third kappa shape index (κ3) is 6.14. The van der Waals surface area contributed by atoms with Crippen molar-refractivity contribution in [3.63, 3.8) is 0 Å². The van der Waals surface area contributed by atoms with E-state index >= 15 is 0 Å². The smallest absolute Gasteiger partial charge is 0.251 e. The molecule has 2 heterocycles. The Labute approximate surface area is 227 Å². The van der Waals surface area contributed by atoms with Crippen molar-refractivity contribution in [3.05, 3.63) is 68.9 Å². The number of rotatable bonds is 8. The fourth-order valence-corrected chi connectivity index (χ4v) is 5.60. The van der Waals surface area contributed by atoms with Crippen molar-refractivity contribution >= 4 is 34.9 Å². The number of unbranched alkanes of at least 4 members (excludes halogenated alkanes) is 1. The van der Waals surface area contributed by atoms with Gasteiger partial charge >= 0.3 is 0 Å². The van der Waals surface area contributed by atoms with Gasteiger partial charge in [-0.05, 0) is 93.8 Å². The maximum Gasteiger partial charge on any atom is 0.251 e. The highest BCUT2D eigenvalue weighted by Crippen LogP contribution is 2.41. The SMILES string of the molecule is O=C(NC1CCN(CCCCOc2cccc3c2C(=O)C(=C2CCCC2)O3)CC1)c1ccc(Cl)c(Cl)c1. The fraction of sp³-hybridized carbons (Fsp3) is 0.448. The number of piperidine rings is 1. The van der Waals surface area contributed by atoms with E-state index in [9.17, 15) is 9.59 Å². The number of nitrogens with zero attached hydrogens (tertiary/aromatic N) is 1. The fourth-order valence-electron chi connectivity index (χ4n) is 5.30. The van der Waals surface area contributed by atoms with E-state index < -0.39 is 0 Å². The van der Waals surface area contributed by atoms with Crippen LogP contribution in [0, 0.1) is 0 Å². The number of carbonyl (C=O) groups excluding carboxylic acids is 2. The Balaban J connectivity index is 1.02. The molecule has 0 aromatic heterocycles. The van der Waals surface area contributed by atoms with Gasteiger partial charge in [-0.2, -0.15) is 0 Å². The van der Waals surface area contributed by atoms with Gasteiger partial charge in [0, 0.05) is 24.7 Å². The Kier molecular flexibility index (Phi) is 8.38. The van der Waals surface area contributed by atoms with E-state index in [0.717, 1.165) is 76.6 Å². The molecule has 2 fully saturated rings. The lowest BCUT2D eigenvalue weighted by molar-refractivity contribution is 0.0909. The average Bonchev–Trinajstić information content (AvgIpc) is 3.55. The van der Waals surface area contributed by atoms with E-state index in [1.54, 1.807) is 18.2 Å². The van der Waals surface area contributed by atoms with Gasteiger partial charge in [0.25, 0.3) is 5.91 Å². The average molecular weight is 543 g/mol. The summed E-state index contributed by atoms with van der Waals surface area (Å²) in [6.07, 6.45) is 7.90. The van der Waals surface area contributed by atoms with Crippen LogP contribution in [0.25, 0.3) is 0 Å². The van der Waals surface area contributed by atoms with Crippen LogP contribution in [0.1, 0.15) is 72.1 Å². The van der Waals surface area contributed by atoms with Gasteiger partial charge in [-0.15, -0.1) is 0 Å². The molecule has 0 spiro atoms. The molecule has 5 rings (SSSR count). The number of hydrogen-bond acceptors (Lipinski definition) is 5. The highest BCUT2D eigenvalue weighted by Gasteiger charge is 2.34. The molecular weight excluding hydrogens is 511 g/mol. The van der Waals surface area contributed by atoms with Gasteiger partial charge < -0.3 is 19.7 Å². The van der Waals surface area contributed by atoms with Crippen LogP contribution in [0.3, 0.4) is 0 Å². The molecule has 2 aromatic rings. The minimum absolute atomic E-state index is 0.0309. The lowest BCUT2D eigenvalue weighted by atomic mass is 10.0. The van der Waals surface area contributed by atoms with E-state index in [1.807, 2.05) is 18.2 Å². The predicted molar refractivity (Wildman–Crippen MR) is 145 cm³/mol. The Hall–Kier alpha value is -2.54. The van der Waals surface area contributed by atoms with E-state index in [2.05, 4.69) is 10.2 Å². The number of carbonyl (C=O) groups is 2. The minimum atomic E-state index is -0.114. The third-order valence-corrected chi connectivity index (χ3v) is 8.13. The van der Waals surface area contributed by atoms with Gasteiger partial charge in [0.05, 0.1) is 16.7 Å². The molecule has 6 nitrogen and oxygen atoms in total. The first-order chi connectivity index (χ1) is 18.0. The maximum atomic E-state index is 13.0. The molecular formula is C29H32Cl2N2O4. The maximum absolute atomic E-state index is 13.0. The van der Waals surface area contributed by atoms with E-state index in [0.29, 0.717) is 45.0 Å². The minimum Gasteiger partial charge on any atom is -0.493 e. The summed E-state index contributed by atoms with van der Waals surface area (Å²) in [6.45, 7) is 3.44. The van der Waals surface area contributed by atoms with Crippen molar-refractivity contribution in [1.29, 1.82) is 0 Å². The van der Waals surface area contributed by atoms with Gasteiger partial charge in [0.15, 0.2) is 5.76 Å². The van der Waals surface area contributed by atoms with Crippen molar-refractivity contribution in [1.82, 2.24) is 10.2 Å². The van der Waals surface area contributed by atoms with E-state index in [-0.39, 0.29) is 17.7 Å². The number of nitrogens with one attached hydrogen (secondary N) is 1. The molecule has 0 unspecified atom stereocenters. The van der Waals surface area contributed by atoms with Gasteiger partial charge in [-0.1, -0.05) is 29.3 Å². The number of ether oxygens (including phenoxy) is 2. The molecule has 196 valence electrons. The van der Waals surface area contributed by atoms with Crippen LogP contribution in [0.15, 0.2) is 47.7 Å². The van der Waals surface area contributed by atoms with Crippen LogP contribution in [0.2, 0.25) is 10.0 Å². The van der Waals surface area contributed by atoms with Crippen LogP contribution in [0.5, 0.6) is 11.5 Å². The Morgan fingerprint density at radius 1 is 1.05 bits per heavy atom. The van der Waals surface area contributed by atoms with E-state index in [1.165, 1.54) is 0 Å². The normalized spacial score (nSPS) is 18.2. The molecule has 0 bridgehead atoms. The molecule has 37 heavy (non-hydrogen) atoms. The number of ketones is 1. The third-order valence-electron chi connectivity index (χ3n) is 7.39. The molecule has 1 amide bonds. The first kappa shape index (κ1) is 26.1. The lowest BCUT2D eigenvalue weighted by Crippen LogP contribution is -2.44. The standard InChI is InChI=1S/C29H32Cl2N2O4/c30-22-11-10-20(18-23(22)31)29(35)32-21-12-15-33(16-13-21)14-3-4-17-36-24-8-5-9-25-26(24)27(34)28(37-25)19-6-1-2-7-19/h5,8-11,18,21H,1-4,6-7,12-17H2,(H,32,35). The molecule has 0 atom stereocenters. The summed E-state index contributed by atoms with van der Waals surface area (Å²) in [5, 5.41) is 3.94. The first-order valence-electron chi connectivity index (χ1n) is 13.2. The lowest BCUT2D eigenvalue weighted by Gasteiger charge is -2.32. The number of allylic oxidation sites excluding steroid dienone is 2. The summed E-state index contributed by atoms with van der Waals surface area (Å²) < 4.78 is 12.0. The zero-order valence-electron chi connectivity index (χ0n) is 20.9. The number of likely N-dealkylation sites (tertiary alicyclic amines) is 1. The molecule has 2 aromatic carbocycles. The van der Waals surface area contributed by atoms with Crippen molar-refractivity contribution in [3.8, 4) is 11.5 Å². The molecule has 1 N–H and O–H groups in total. The van der Waals surface area contributed by atoms with Gasteiger partial charge in [-0.3, -0.25) is 9.59 Å². The molecule has 8 heteroatoms. The summed E-state index contributed by atoms with van der Waals surface area (Å²) in [5.74, 6) is 1.62.